The number of imide groups is 1. The van der Waals surface area contributed by atoms with E-state index in [0.29, 0.717) is 48.5 Å². The molecule has 0 spiro atoms. The predicted molar refractivity (Wildman–Crippen MR) is 119 cm³/mol. The van der Waals surface area contributed by atoms with E-state index in [4.69, 9.17) is 0 Å². The number of fused-ring (bicyclic) bond motifs is 1. The lowest BCUT2D eigenvalue weighted by Gasteiger charge is -2.33. The van der Waals surface area contributed by atoms with E-state index in [1.54, 1.807) is 29.2 Å². The third-order valence-corrected chi connectivity index (χ3v) is 6.19. The Hall–Kier alpha value is -3.48. The Morgan fingerprint density at radius 1 is 0.938 bits per heavy atom. The summed E-state index contributed by atoms with van der Waals surface area (Å²) < 4.78 is 0. The summed E-state index contributed by atoms with van der Waals surface area (Å²) in [5, 5.41) is 3.05. The molecule has 0 saturated carbocycles. The lowest BCUT2D eigenvalue weighted by Crippen LogP contribution is -2.49. The van der Waals surface area contributed by atoms with Crippen molar-refractivity contribution >= 4 is 23.6 Å². The highest BCUT2D eigenvalue weighted by atomic mass is 16.2. The maximum absolute atomic E-state index is 12.7. The van der Waals surface area contributed by atoms with Crippen molar-refractivity contribution in [2.24, 2.45) is 0 Å². The maximum Gasteiger partial charge on any atom is 0.262 e. The van der Waals surface area contributed by atoms with Crippen LogP contribution >= 0.6 is 0 Å². The van der Waals surface area contributed by atoms with Crippen LogP contribution in [-0.4, -0.2) is 59.1 Å². The Bertz CT molecular complexity index is 1020. The van der Waals surface area contributed by atoms with Gasteiger partial charge in [-0.05, 0) is 48.6 Å². The third-order valence-electron chi connectivity index (χ3n) is 6.19. The number of carbonyl (C=O) groups is 4. The quantitative estimate of drug-likeness (QED) is 0.735. The fourth-order valence-corrected chi connectivity index (χ4v) is 4.18. The largest absolute Gasteiger partial charge is 0.349 e. The molecule has 32 heavy (non-hydrogen) atoms. The average molecular weight is 434 g/mol. The predicted octanol–water partition coefficient (Wildman–Crippen LogP) is 2.83. The number of nitrogens with one attached hydrogen (secondary N) is 1. The molecule has 2 aliphatic heterocycles. The highest BCUT2D eigenvalue weighted by molar-refractivity contribution is 6.22. The Morgan fingerprint density at radius 2 is 1.50 bits per heavy atom. The van der Waals surface area contributed by atoms with Gasteiger partial charge in [0.15, 0.2) is 0 Å². The summed E-state index contributed by atoms with van der Waals surface area (Å²) in [4.78, 5) is 52.9. The van der Waals surface area contributed by atoms with Gasteiger partial charge < -0.3 is 10.2 Å². The van der Waals surface area contributed by atoms with E-state index in [-0.39, 0.29) is 24.4 Å². The summed E-state index contributed by atoms with van der Waals surface area (Å²) in [6.45, 7) is 4.90. The van der Waals surface area contributed by atoms with Gasteiger partial charge in [-0.1, -0.05) is 38.1 Å². The zero-order valence-electron chi connectivity index (χ0n) is 18.3. The van der Waals surface area contributed by atoms with Gasteiger partial charge in [-0.25, -0.2) is 0 Å². The van der Waals surface area contributed by atoms with Crippen molar-refractivity contribution in [3.8, 4) is 0 Å². The maximum atomic E-state index is 12.7. The number of nitrogens with zero attached hydrogens (tertiary/aromatic N) is 2. The molecular weight excluding hydrogens is 406 g/mol. The molecule has 2 aromatic rings. The molecule has 0 unspecified atom stereocenters. The Balaban J connectivity index is 1.28. The van der Waals surface area contributed by atoms with Crippen molar-refractivity contribution in [3.05, 3.63) is 70.8 Å². The van der Waals surface area contributed by atoms with Crippen LogP contribution in [0.3, 0.4) is 0 Å². The fourth-order valence-electron chi connectivity index (χ4n) is 4.18. The van der Waals surface area contributed by atoms with Gasteiger partial charge in [-0.2, -0.15) is 0 Å². The summed E-state index contributed by atoms with van der Waals surface area (Å²) in [5.41, 5.74) is 2.49. The van der Waals surface area contributed by atoms with Crippen LogP contribution in [0.25, 0.3) is 0 Å². The number of piperidine rings is 1. The van der Waals surface area contributed by atoms with Crippen LogP contribution in [0.4, 0.5) is 0 Å². The van der Waals surface area contributed by atoms with Gasteiger partial charge in [0, 0.05) is 24.7 Å². The zero-order valence-corrected chi connectivity index (χ0v) is 18.3. The van der Waals surface area contributed by atoms with Crippen LogP contribution in [0.5, 0.6) is 0 Å². The normalized spacial score (nSPS) is 16.5. The average Bonchev–Trinajstić information content (AvgIpc) is 3.04. The minimum Gasteiger partial charge on any atom is -0.349 e. The standard InChI is InChI=1S/C25H27N3O4/c1-16(2)17-7-9-18(10-8-17)23(30)26-19-11-13-27(14-12-19)22(29)15-28-24(31)20-5-3-4-6-21(20)25(28)32/h3-10,16,19H,11-15H2,1-2H3,(H,26,30). The monoisotopic (exact) mass is 433 g/mol. The van der Waals surface area contributed by atoms with E-state index in [1.807, 2.05) is 24.3 Å². The lowest BCUT2D eigenvalue weighted by atomic mass is 10.0. The van der Waals surface area contributed by atoms with Crippen LogP contribution in [0.2, 0.25) is 0 Å². The van der Waals surface area contributed by atoms with Crippen LogP contribution in [0.15, 0.2) is 48.5 Å². The summed E-state index contributed by atoms with van der Waals surface area (Å²) in [6.07, 6.45) is 1.26. The molecule has 4 amide bonds. The number of hydrogen-bond acceptors (Lipinski definition) is 4. The highest BCUT2D eigenvalue weighted by Crippen LogP contribution is 2.23. The number of carbonyl (C=O) groups excluding carboxylic acids is 4. The smallest absolute Gasteiger partial charge is 0.262 e. The first-order valence-electron chi connectivity index (χ1n) is 11.0. The van der Waals surface area contributed by atoms with Crippen LogP contribution in [-0.2, 0) is 4.79 Å². The molecule has 166 valence electrons. The molecule has 0 atom stereocenters. The minimum absolute atomic E-state index is 0.0179. The molecular formula is C25H27N3O4. The van der Waals surface area contributed by atoms with Gasteiger partial charge >= 0.3 is 0 Å². The molecule has 0 bridgehead atoms. The number of amides is 4. The van der Waals surface area contributed by atoms with Gasteiger partial charge in [0.1, 0.15) is 6.54 Å². The van der Waals surface area contributed by atoms with E-state index >= 15 is 0 Å². The Morgan fingerprint density at radius 3 is 2.03 bits per heavy atom. The van der Waals surface area contributed by atoms with Gasteiger partial charge in [-0.15, -0.1) is 0 Å². The van der Waals surface area contributed by atoms with E-state index < -0.39 is 11.8 Å². The summed E-state index contributed by atoms with van der Waals surface area (Å²) >= 11 is 0. The molecule has 2 aromatic carbocycles. The van der Waals surface area contributed by atoms with E-state index in [9.17, 15) is 19.2 Å². The molecule has 1 saturated heterocycles. The molecule has 7 nitrogen and oxygen atoms in total. The Kier molecular flexibility index (Phi) is 6.08. The molecule has 7 heteroatoms. The topological polar surface area (TPSA) is 86.8 Å². The number of benzene rings is 2. The van der Waals surface area contributed by atoms with Crippen LogP contribution in [0.1, 0.15) is 69.2 Å². The first-order valence-corrected chi connectivity index (χ1v) is 11.0. The number of rotatable bonds is 5. The highest BCUT2D eigenvalue weighted by Gasteiger charge is 2.37. The van der Waals surface area contributed by atoms with Gasteiger partial charge in [-0.3, -0.25) is 24.1 Å². The summed E-state index contributed by atoms with van der Waals surface area (Å²) in [7, 11) is 0. The molecule has 2 aliphatic rings. The molecule has 4 rings (SSSR count). The molecule has 2 heterocycles. The first kappa shape index (κ1) is 21.7. The summed E-state index contributed by atoms with van der Waals surface area (Å²) in [5.74, 6) is -0.812. The summed E-state index contributed by atoms with van der Waals surface area (Å²) in [6, 6.07) is 14.2. The third kappa shape index (κ3) is 4.28. The van der Waals surface area contributed by atoms with E-state index in [1.165, 1.54) is 5.56 Å². The Labute approximate surface area is 187 Å². The van der Waals surface area contributed by atoms with Gasteiger partial charge in [0.2, 0.25) is 5.91 Å². The molecule has 0 radical (unpaired) electrons. The lowest BCUT2D eigenvalue weighted by molar-refractivity contribution is -0.132. The fraction of sp³-hybridized carbons (Fsp3) is 0.360. The van der Waals surface area contributed by atoms with Gasteiger partial charge in [0.05, 0.1) is 11.1 Å². The van der Waals surface area contributed by atoms with Crippen molar-refractivity contribution in [3.63, 3.8) is 0 Å². The second-order valence-electron chi connectivity index (χ2n) is 8.65. The second kappa shape index (κ2) is 8.94. The first-order chi connectivity index (χ1) is 15.3. The van der Waals surface area contributed by atoms with Crippen molar-refractivity contribution in [2.45, 2.75) is 38.6 Å². The molecule has 1 fully saturated rings. The second-order valence-corrected chi connectivity index (χ2v) is 8.65. The van der Waals surface area contributed by atoms with Gasteiger partial charge in [0.25, 0.3) is 17.7 Å². The zero-order chi connectivity index (χ0) is 22.8. The molecule has 1 N–H and O–H groups in total. The minimum atomic E-state index is -0.426. The number of hydrogen-bond donors (Lipinski definition) is 1. The van der Waals surface area contributed by atoms with E-state index in [2.05, 4.69) is 19.2 Å². The van der Waals surface area contributed by atoms with E-state index in [0.717, 1.165) is 4.90 Å². The SMILES string of the molecule is CC(C)c1ccc(C(=O)NC2CCN(C(=O)CN3C(=O)c4ccccc4C3=O)CC2)cc1. The van der Waals surface area contributed by atoms with Crippen molar-refractivity contribution in [2.75, 3.05) is 19.6 Å². The van der Waals surface area contributed by atoms with Crippen molar-refractivity contribution in [1.82, 2.24) is 15.1 Å². The van der Waals surface area contributed by atoms with Crippen molar-refractivity contribution in [1.29, 1.82) is 0 Å². The number of likely N-dealkylation sites (tertiary alicyclic amines) is 1. The molecule has 0 aromatic heterocycles. The van der Waals surface area contributed by atoms with Crippen molar-refractivity contribution < 1.29 is 19.2 Å². The van der Waals surface area contributed by atoms with Crippen LogP contribution in [0, 0.1) is 0 Å². The molecule has 0 aliphatic carbocycles. The van der Waals surface area contributed by atoms with Crippen LogP contribution < -0.4 is 5.32 Å².